The lowest BCUT2D eigenvalue weighted by molar-refractivity contribution is -0.385. The molecule has 0 aliphatic carbocycles. The van der Waals surface area contributed by atoms with E-state index in [1.807, 2.05) is 30.3 Å². The molecule has 0 unspecified atom stereocenters. The van der Waals surface area contributed by atoms with E-state index in [2.05, 4.69) is 5.32 Å². The average molecular weight is 498 g/mol. The molecule has 35 heavy (non-hydrogen) atoms. The SMILES string of the molecule is O=C(NCc1ccccc1)c1cccc(Oc2ccc(S(=O)(=O)N3CCOCC3)cc2[N+](=O)[O-])c1. The van der Waals surface area contributed by atoms with Gasteiger partial charge in [-0.25, -0.2) is 8.42 Å². The highest BCUT2D eigenvalue weighted by Crippen LogP contribution is 2.34. The van der Waals surface area contributed by atoms with Gasteiger partial charge in [-0.05, 0) is 35.9 Å². The molecule has 4 rings (SSSR count). The fourth-order valence-corrected chi connectivity index (χ4v) is 4.96. The third kappa shape index (κ3) is 5.83. The Hall–Kier alpha value is -3.80. The molecule has 1 fully saturated rings. The van der Waals surface area contributed by atoms with Gasteiger partial charge in [-0.2, -0.15) is 4.31 Å². The first-order chi connectivity index (χ1) is 16.8. The van der Waals surface area contributed by atoms with Crippen LogP contribution in [0.2, 0.25) is 0 Å². The number of sulfonamides is 1. The van der Waals surface area contributed by atoms with Crippen molar-refractivity contribution in [3.05, 3.63) is 94.0 Å². The number of hydrogen-bond donors (Lipinski definition) is 1. The Bertz CT molecular complexity index is 1320. The first kappa shape index (κ1) is 24.3. The van der Waals surface area contributed by atoms with Crippen LogP contribution >= 0.6 is 0 Å². The largest absolute Gasteiger partial charge is 0.450 e. The van der Waals surface area contributed by atoms with Gasteiger partial charge < -0.3 is 14.8 Å². The van der Waals surface area contributed by atoms with E-state index in [0.717, 1.165) is 11.6 Å². The maximum Gasteiger partial charge on any atom is 0.312 e. The fraction of sp³-hybridized carbons (Fsp3) is 0.208. The number of rotatable bonds is 8. The monoisotopic (exact) mass is 497 g/mol. The van der Waals surface area contributed by atoms with Crippen LogP contribution in [0.4, 0.5) is 5.69 Å². The molecule has 1 N–H and O–H groups in total. The minimum Gasteiger partial charge on any atom is -0.450 e. The van der Waals surface area contributed by atoms with Gasteiger partial charge >= 0.3 is 5.69 Å². The lowest BCUT2D eigenvalue weighted by Gasteiger charge is -2.26. The molecule has 0 radical (unpaired) electrons. The van der Waals surface area contributed by atoms with Crippen molar-refractivity contribution in [1.29, 1.82) is 0 Å². The van der Waals surface area contributed by atoms with Gasteiger partial charge in [-0.15, -0.1) is 0 Å². The van der Waals surface area contributed by atoms with E-state index >= 15 is 0 Å². The molecule has 1 aliphatic heterocycles. The zero-order valence-electron chi connectivity index (χ0n) is 18.6. The molecule has 10 nitrogen and oxygen atoms in total. The molecule has 1 aliphatic rings. The molecule has 11 heteroatoms. The highest BCUT2D eigenvalue weighted by Gasteiger charge is 2.29. The maximum atomic E-state index is 12.9. The number of carbonyl (C=O) groups excluding carboxylic acids is 1. The third-order valence-corrected chi connectivity index (χ3v) is 7.25. The van der Waals surface area contributed by atoms with Crippen molar-refractivity contribution in [2.75, 3.05) is 26.3 Å². The van der Waals surface area contributed by atoms with Crippen molar-refractivity contribution in [2.24, 2.45) is 0 Å². The number of amides is 1. The summed E-state index contributed by atoms with van der Waals surface area (Å²) in [6, 6.07) is 19.1. The molecule has 0 saturated carbocycles. The number of carbonyl (C=O) groups is 1. The highest BCUT2D eigenvalue weighted by molar-refractivity contribution is 7.89. The van der Waals surface area contributed by atoms with Crippen LogP contribution in [-0.4, -0.2) is 49.9 Å². The molecule has 1 heterocycles. The lowest BCUT2D eigenvalue weighted by Crippen LogP contribution is -2.40. The number of hydrogen-bond acceptors (Lipinski definition) is 7. The number of nitro benzene ring substituents is 1. The Morgan fingerprint density at radius 1 is 1.03 bits per heavy atom. The van der Waals surface area contributed by atoms with Gasteiger partial charge in [-0.1, -0.05) is 36.4 Å². The van der Waals surface area contributed by atoms with Crippen LogP contribution < -0.4 is 10.1 Å². The summed E-state index contributed by atoms with van der Waals surface area (Å²) in [4.78, 5) is 23.3. The van der Waals surface area contributed by atoms with Crippen LogP contribution in [0, 0.1) is 10.1 Å². The number of benzene rings is 3. The zero-order valence-corrected chi connectivity index (χ0v) is 19.4. The molecule has 1 amide bonds. The van der Waals surface area contributed by atoms with Crippen molar-refractivity contribution in [3.63, 3.8) is 0 Å². The molecule has 0 bridgehead atoms. The van der Waals surface area contributed by atoms with E-state index in [-0.39, 0.29) is 48.6 Å². The standard InChI is InChI=1S/C24H23N3O7S/c28-24(25-17-18-5-2-1-3-6-18)19-7-4-8-20(15-19)34-23-10-9-21(16-22(23)27(29)30)35(31,32)26-11-13-33-14-12-26/h1-10,15-16H,11-14,17H2,(H,25,28). The van der Waals surface area contributed by atoms with Crippen molar-refractivity contribution in [1.82, 2.24) is 9.62 Å². The normalized spacial score (nSPS) is 14.3. The molecule has 3 aromatic carbocycles. The van der Waals surface area contributed by atoms with E-state index in [9.17, 15) is 23.3 Å². The second-order valence-electron chi connectivity index (χ2n) is 7.70. The topological polar surface area (TPSA) is 128 Å². The van der Waals surface area contributed by atoms with Crippen molar-refractivity contribution in [3.8, 4) is 11.5 Å². The first-order valence-electron chi connectivity index (χ1n) is 10.8. The minimum absolute atomic E-state index is 0.141. The Labute approximate surface area is 202 Å². The third-order valence-electron chi connectivity index (χ3n) is 5.35. The van der Waals surface area contributed by atoms with E-state index in [1.165, 1.54) is 22.5 Å². The predicted octanol–water partition coefficient (Wildman–Crippen LogP) is 3.34. The Balaban J connectivity index is 1.52. The molecule has 182 valence electrons. The number of nitro groups is 1. The highest BCUT2D eigenvalue weighted by atomic mass is 32.2. The smallest absolute Gasteiger partial charge is 0.312 e. The summed E-state index contributed by atoms with van der Waals surface area (Å²) in [5.41, 5.74) is 0.752. The lowest BCUT2D eigenvalue weighted by atomic mass is 10.2. The Morgan fingerprint density at radius 3 is 2.49 bits per heavy atom. The number of morpholine rings is 1. The summed E-state index contributed by atoms with van der Waals surface area (Å²) in [5, 5.41) is 14.5. The first-order valence-corrected chi connectivity index (χ1v) is 12.2. The molecule has 1 saturated heterocycles. The van der Waals surface area contributed by atoms with Crippen molar-refractivity contribution in [2.45, 2.75) is 11.4 Å². The summed E-state index contributed by atoms with van der Waals surface area (Å²) >= 11 is 0. The van der Waals surface area contributed by atoms with Crippen molar-refractivity contribution < 1.29 is 27.6 Å². The maximum absolute atomic E-state index is 12.9. The quantitative estimate of drug-likeness (QED) is 0.373. The fourth-order valence-electron chi connectivity index (χ4n) is 3.53. The number of ether oxygens (including phenoxy) is 2. The zero-order chi connectivity index (χ0) is 24.8. The number of nitrogens with one attached hydrogen (secondary N) is 1. The summed E-state index contributed by atoms with van der Waals surface area (Å²) in [6.45, 7) is 1.21. The van der Waals surface area contributed by atoms with Gasteiger partial charge in [0.05, 0.1) is 23.0 Å². The summed E-state index contributed by atoms with van der Waals surface area (Å²) in [7, 11) is -3.91. The van der Waals surface area contributed by atoms with Crippen LogP contribution in [-0.2, 0) is 21.3 Å². The van der Waals surface area contributed by atoms with Crippen LogP contribution in [0.15, 0.2) is 77.7 Å². The molecule has 0 atom stereocenters. The van der Waals surface area contributed by atoms with Crippen LogP contribution in [0.3, 0.4) is 0 Å². The molecular weight excluding hydrogens is 474 g/mol. The molecule has 0 spiro atoms. The van der Waals surface area contributed by atoms with Gasteiger partial charge in [0.2, 0.25) is 15.8 Å². The van der Waals surface area contributed by atoms with E-state index < -0.39 is 20.6 Å². The minimum atomic E-state index is -3.91. The van der Waals surface area contributed by atoms with Crippen LogP contribution in [0.25, 0.3) is 0 Å². The van der Waals surface area contributed by atoms with Gasteiger partial charge in [0.1, 0.15) is 5.75 Å². The van der Waals surface area contributed by atoms with Crippen LogP contribution in [0.1, 0.15) is 15.9 Å². The molecule has 0 aromatic heterocycles. The second-order valence-corrected chi connectivity index (χ2v) is 9.64. The van der Waals surface area contributed by atoms with Gasteiger partial charge in [0, 0.05) is 31.3 Å². The van der Waals surface area contributed by atoms with Crippen LogP contribution in [0.5, 0.6) is 11.5 Å². The molecule has 3 aromatic rings. The molecular formula is C24H23N3O7S. The van der Waals surface area contributed by atoms with E-state index in [1.54, 1.807) is 18.2 Å². The number of nitrogens with zero attached hydrogens (tertiary/aromatic N) is 2. The predicted molar refractivity (Wildman–Crippen MR) is 127 cm³/mol. The van der Waals surface area contributed by atoms with Gasteiger partial charge in [0.25, 0.3) is 5.91 Å². The second kappa shape index (κ2) is 10.6. The summed E-state index contributed by atoms with van der Waals surface area (Å²) in [5.74, 6) is -0.275. The van der Waals surface area contributed by atoms with E-state index in [4.69, 9.17) is 9.47 Å². The van der Waals surface area contributed by atoms with Gasteiger partial charge in [0.15, 0.2) is 0 Å². The summed E-state index contributed by atoms with van der Waals surface area (Å²) in [6.07, 6.45) is 0. The Kier molecular flexibility index (Phi) is 7.39. The van der Waals surface area contributed by atoms with Crippen molar-refractivity contribution >= 4 is 21.6 Å². The Morgan fingerprint density at radius 2 is 1.77 bits per heavy atom. The van der Waals surface area contributed by atoms with Gasteiger partial charge in [-0.3, -0.25) is 14.9 Å². The summed E-state index contributed by atoms with van der Waals surface area (Å²) < 4.78 is 37.9. The van der Waals surface area contributed by atoms with E-state index in [0.29, 0.717) is 12.1 Å². The average Bonchev–Trinajstić information content (AvgIpc) is 2.88.